The first-order valence-electron chi connectivity index (χ1n) is 7.67. The van der Waals surface area contributed by atoms with Crippen molar-refractivity contribution in [1.82, 2.24) is 15.1 Å². The molecule has 5 nitrogen and oxygen atoms in total. The molecule has 0 aliphatic heterocycles. The Morgan fingerprint density at radius 3 is 2.60 bits per heavy atom. The van der Waals surface area contributed by atoms with E-state index in [4.69, 9.17) is 0 Å². The third kappa shape index (κ3) is 4.96. The van der Waals surface area contributed by atoms with Crippen LogP contribution < -0.4 is 15.8 Å². The van der Waals surface area contributed by atoms with Gasteiger partial charge in [0.25, 0.3) is 5.56 Å². The van der Waals surface area contributed by atoms with Crippen LogP contribution in [0, 0.1) is 0 Å². The number of nitrogens with zero attached hydrogens (tertiary/aromatic N) is 3. The first-order chi connectivity index (χ1) is 9.62. The van der Waals surface area contributed by atoms with Gasteiger partial charge < -0.3 is 10.2 Å². The van der Waals surface area contributed by atoms with Crippen LogP contribution in [-0.4, -0.2) is 35.5 Å². The lowest BCUT2D eigenvalue weighted by Crippen LogP contribution is -2.31. The first kappa shape index (κ1) is 16.7. The molecule has 1 N–H and O–H groups in total. The number of anilines is 1. The summed E-state index contributed by atoms with van der Waals surface area (Å²) < 4.78 is 1.55. The Morgan fingerprint density at radius 2 is 2.05 bits per heavy atom. The lowest BCUT2D eigenvalue weighted by atomic mass is 10.2. The zero-order chi connectivity index (χ0) is 15.0. The predicted octanol–water partition coefficient (Wildman–Crippen LogP) is 1.87. The van der Waals surface area contributed by atoms with Crippen LogP contribution in [0.2, 0.25) is 0 Å². The van der Waals surface area contributed by atoms with Gasteiger partial charge in [-0.15, -0.1) is 0 Å². The van der Waals surface area contributed by atoms with Crippen LogP contribution in [-0.2, 0) is 6.54 Å². The van der Waals surface area contributed by atoms with Crippen LogP contribution in [0.3, 0.4) is 0 Å². The lowest BCUT2D eigenvalue weighted by molar-refractivity contribution is 0.449. The molecule has 0 saturated heterocycles. The van der Waals surface area contributed by atoms with Gasteiger partial charge >= 0.3 is 0 Å². The number of rotatable bonds is 9. The van der Waals surface area contributed by atoms with Gasteiger partial charge in [-0.2, -0.15) is 5.10 Å². The Bertz CT molecular complexity index is 440. The molecular weight excluding hydrogens is 252 g/mol. The van der Waals surface area contributed by atoms with E-state index in [9.17, 15) is 4.79 Å². The lowest BCUT2D eigenvalue weighted by Gasteiger charge is -2.20. The van der Waals surface area contributed by atoms with E-state index < -0.39 is 0 Å². The second-order valence-corrected chi connectivity index (χ2v) is 5.09. The van der Waals surface area contributed by atoms with Crippen LogP contribution in [0.4, 0.5) is 5.69 Å². The highest BCUT2D eigenvalue weighted by atomic mass is 16.1. The summed E-state index contributed by atoms with van der Waals surface area (Å²) in [6.07, 6.45) is 3.83. The number of aryl methyl sites for hydroxylation is 1. The molecule has 1 rings (SSSR count). The molecule has 0 radical (unpaired) electrons. The normalized spacial score (nSPS) is 12.4. The molecule has 0 saturated carbocycles. The largest absolute Gasteiger partial charge is 0.371 e. The quantitative estimate of drug-likeness (QED) is 0.750. The number of hydrogen-bond acceptors (Lipinski definition) is 4. The fourth-order valence-electron chi connectivity index (χ4n) is 2.16. The minimum absolute atomic E-state index is 0.0166. The minimum atomic E-state index is -0.0166. The summed E-state index contributed by atoms with van der Waals surface area (Å²) in [6, 6.07) is 2.09. The molecule has 0 amide bonds. The van der Waals surface area contributed by atoms with Crippen LogP contribution in [0.5, 0.6) is 0 Å². The van der Waals surface area contributed by atoms with Crippen molar-refractivity contribution in [2.45, 2.75) is 53.1 Å². The molecule has 114 valence electrons. The highest BCUT2D eigenvalue weighted by molar-refractivity contribution is 5.42. The summed E-state index contributed by atoms with van der Waals surface area (Å²) in [5.74, 6) is 0. The second kappa shape index (κ2) is 8.74. The van der Waals surface area contributed by atoms with Crippen molar-refractivity contribution in [1.29, 1.82) is 0 Å². The Balaban J connectivity index is 2.62. The van der Waals surface area contributed by atoms with Gasteiger partial charge in [0.15, 0.2) is 0 Å². The summed E-state index contributed by atoms with van der Waals surface area (Å²) in [6.45, 7) is 11.9. The van der Waals surface area contributed by atoms with Gasteiger partial charge in [0.05, 0.1) is 11.9 Å². The smallest absolute Gasteiger partial charge is 0.268 e. The SMILES string of the molecule is CCCNC(C)CCn1ncc(N(CC)CC)cc1=O. The zero-order valence-corrected chi connectivity index (χ0v) is 13.2. The number of nitrogens with one attached hydrogen (secondary N) is 1. The van der Waals surface area contributed by atoms with E-state index in [-0.39, 0.29) is 5.56 Å². The van der Waals surface area contributed by atoms with Crippen molar-refractivity contribution in [2.24, 2.45) is 0 Å². The summed E-state index contributed by atoms with van der Waals surface area (Å²) in [7, 11) is 0. The highest BCUT2D eigenvalue weighted by Crippen LogP contribution is 2.08. The molecule has 5 heteroatoms. The highest BCUT2D eigenvalue weighted by Gasteiger charge is 2.07. The maximum atomic E-state index is 12.1. The standard InChI is InChI=1S/C15H28N4O/c1-5-9-16-13(4)8-10-19-15(20)11-14(12-17-19)18(6-2)7-3/h11-13,16H,5-10H2,1-4H3. The van der Waals surface area contributed by atoms with Crippen molar-refractivity contribution in [3.8, 4) is 0 Å². The summed E-state index contributed by atoms with van der Waals surface area (Å²) in [5.41, 5.74) is 0.894. The maximum absolute atomic E-state index is 12.1. The van der Waals surface area contributed by atoms with Gasteiger partial charge in [-0.25, -0.2) is 4.68 Å². The van der Waals surface area contributed by atoms with Crippen LogP contribution >= 0.6 is 0 Å². The number of aromatic nitrogens is 2. The third-order valence-electron chi connectivity index (χ3n) is 3.50. The van der Waals surface area contributed by atoms with Crippen molar-refractivity contribution in [3.63, 3.8) is 0 Å². The van der Waals surface area contributed by atoms with Crippen LogP contribution in [0.1, 0.15) is 40.5 Å². The van der Waals surface area contributed by atoms with Crippen LogP contribution in [0.25, 0.3) is 0 Å². The molecule has 0 aliphatic rings. The maximum Gasteiger partial charge on any atom is 0.268 e. The van der Waals surface area contributed by atoms with E-state index >= 15 is 0 Å². The van der Waals surface area contributed by atoms with E-state index in [0.717, 1.165) is 38.2 Å². The van der Waals surface area contributed by atoms with E-state index in [1.807, 2.05) is 0 Å². The molecule has 0 spiro atoms. The van der Waals surface area contributed by atoms with Gasteiger partial charge in [0, 0.05) is 31.7 Å². The molecule has 0 aromatic carbocycles. The van der Waals surface area contributed by atoms with Gasteiger partial charge in [-0.1, -0.05) is 6.92 Å². The molecule has 1 aromatic rings. The zero-order valence-electron chi connectivity index (χ0n) is 13.2. The number of hydrogen-bond donors (Lipinski definition) is 1. The van der Waals surface area contributed by atoms with E-state index in [1.165, 1.54) is 0 Å². The van der Waals surface area contributed by atoms with E-state index in [0.29, 0.717) is 12.6 Å². The summed E-state index contributed by atoms with van der Waals surface area (Å²) >= 11 is 0. The fraction of sp³-hybridized carbons (Fsp3) is 0.733. The molecule has 1 unspecified atom stereocenters. The van der Waals surface area contributed by atoms with E-state index in [1.54, 1.807) is 16.9 Å². The molecule has 1 aromatic heterocycles. The molecular formula is C15H28N4O. The molecule has 0 fully saturated rings. The molecule has 0 bridgehead atoms. The van der Waals surface area contributed by atoms with E-state index in [2.05, 4.69) is 43.0 Å². The topological polar surface area (TPSA) is 50.2 Å². The molecule has 0 aliphatic carbocycles. The van der Waals surface area contributed by atoms with Crippen molar-refractivity contribution >= 4 is 5.69 Å². The van der Waals surface area contributed by atoms with Crippen molar-refractivity contribution in [2.75, 3.05) is 24.5 Å². The Hall–Kier alpha value is -1.36. The van der Waals surface area contributed by atoms with Crippen molar-refractivity contribution in [3.05, 3.63) is 22.6 Å². The molecule has 1 heterocycles. The Morgan fingerprint density at radius 1 is 1.35 bits per heavy atom. The average molecular weight is 280 g/mol. The fourth-order valence-corrected chi connectivity index (χ4v) is 2.16. The van der Waals surface area contributed by atoms with Gasteiger partial charge in [-0.05, 0) is 40.2 Å². The van der Waals surface area contributed by atoms with Crippen LogP contribution in [0.15, 0.2) is 17.1 Å². The van der Waals surface area contributed by atoms with Gasteiger partial charge in [0.2, 0.25) is 0 Å². The van der Waals surface area contributed by atoms with Gasteiger partial charge in [0.1, 0.15) is 0 Å². The third-order valence-corrected chi connectivity index (χ3v) is 3.50. The van der Waals surface area contributed by atoms with Gasteiger partial charge in [-0.3, -0.25) is 4.79 Å². The molecule has 20 heavy (non-hydrogen) atoms. The Labute approximate surface area is 122 Å². The minimum Gasteiger partial charge on any atom is -0.371 e. The monoisotopic (exact) mass is 280 g/mol. The molecule has 1 atom stereocenters. The van der Waals surface area contributed by atoms with Crippen molar-refractivity contribution < 1.29 is 0 Å². The predicted molar refractivity (Wildman–Crippen MR) is 84.4 cm³/mol. The summed E-state index contributed by atoms with van der Waals surface area (Å²) in [4.78, 5) is 14.2. The second-order valence-electron chi connectivity index (χ2n) is 5.09. The summed E-state index contributed by atoms with van der Waals surface area (Å²) in [5, 5.41) is 7.70. The average Bonchev–Trinajstić information content (AvgIpc) is 2.45. The Kier molecular flexibility index (Phi) is 7.30. The first-order valence-corrected chi connectivity index (χ1v) is 7.67.